The molecule has 0 heterocycles. The number of hydrogen-bond acceptors (Lipinski definition) is 3. The standard InChI is InChI=1S/C15H24N4O/c1-19(2)15(8-3-9-15)11-17-14(20)18-13-6-4-12(10-16)5-7-13/h4-7H,3,8-11,16H2,1-2H3,(H2,17,18,20). The Balaban J connectivity index is 1.83. The zero-order valence-corrected chi connectivity index (χ0v) is 12.3. The summed E-state index contributed by atoms with van der Waals surface area (Å²) >= 11 is 0. The average molecular weight is 276 g/mol. The van der Waals surface area contributed by atoms with E-state index >= 15 is 0 Å². The second-order valence-corrected chi connectivity index (χ2v) is 5.68. The van der Waals surface area contributed by atoms with Crippen LogP contribution in [0.3, 0.4) is 0 Å². The summed E-state index contributed by atoms with van der Waals surface area (Å²) in [5.74, 6) is 0. The molecule has 20 heavy (non-hydrogen) atoms. The molecule has 1 aromatic rings. The molecule has 2 amide bonds. The fraction of sp³-hybridized carbons (Fsp3) is 0.533. The summed E-state index contributed by atoms with van der Waals surface area (Å²) in [5, 5.41) is 5.81. The molecule has 110 valence electrons. The molecule has 1 aliphatic carbocycles. The van der Waals surface area contributed by atoms with Gasteiger partial charge < -0.3 is 21.3 Å². The summed E-state index contributed by atoms with van der Waals surface area (Å²) in [5.41, 5.74) is 7.52. The van der Waals surface area contributed by atoms with Crippen LogP contribution < -0.4 is 16.4 Å². The number of nitrogens with one attached hydrogen (secondary N) is 2. The summed E-state index contributed by atoms with van der Waals surface area (Å²) in [7, 11) is 4.15. The first-order valence-corrected chi connectivity index (χ1v) is 7.07. The minimum absolute atomic E-state index is 0.140. The van der Waals surface area contributed by atoms with Crippen LogP contribution in [0.2, 0.25) is 0 Å². The molecule has 0 radical (unpaired) electrons. The Bertz CT molecular complexity index is 451. The van der Waals surface area contributed by atoms with Crippen LogP contribution in [-0.2, 0) is 6.54 Å². The van der Waals surface area contributed by atoms with Gasteiger partial charge in [0.25, 0.3) is 0 Å². The number of carbonyl (C=O) groups is 1. The van der Waals surface area contributed by atoms with E-state index in [1.54, 1.807) is 0 Å². The Morgan fingerprint density at radius 3 is 2.40 bits per heavy atom. The molecule has 5 heteroatoms. The first-order chi connectivity index (χ1) is 9.55. The first-order valence-electron chi connectivity index (χ1n) is 7.07. The maximum Gasteiger partial charge on any atom is 0.319 e. The Labute approximate surface area is 120 Å². The van der Waals surface area contributed by atoms with Gasteiger partial charge in [0.05, 0.1) is 0 Å². The molecular formula is C15H24N4O. The molecule has 0 aromatic heterocycles. The maximum absolute atomic E-state index is 11.9. The van der Waals surface area contributed by atoms with Crippen LogP contribution in [0.5, 0.6) is 0 Å². The predicted octanol–water partition coefficient (Wildman–Crippen LogP) is 1.75. The van der Waals surface area contributed by atoms with E-state index in [9.17, 15) is 4.79 Å². The third-order valence-electron chi connectivity index (χ3n) is 4.26. The lowest BCUT2D eigenvalue weighted by atomic mass is 9.75. The number of likely N-dealkylation sites (N-methyl/N-ethyl adjacent to an activating group) is 1. The summed E-state index contributed by atoms with van der Waals surface area (Å²) < 4.78 is 0. The minimum Gasteiger partial charge on any atom is -0.336 e. The Morgan fingerprint density at radius 1 is 1.30 bits per heavy atom. The van der Waals surface area contributed by atoms with E-state index in [4.69, 9.17) is 5.73 Å². The SMILES string of the molecule is CN(C)C1(CNC(=O)Nc2ccc(CN)cc2)CCC1. The van der Waals surface area contributed by atoms with Crippen LogP contribution in [0.1, 0.15) is 24.8 Å². The predicted molar refractivity (Wildman–Crippen MR) is 81.6 cm³/mol. The molecule has 0 bridgehead atoms. The van der Waals surface area contributed by atoms with Gasteiger partial charge in [-0.3, -0.25) is 0 Å². The van der Waals surface area contributed by atoms with Gasteiger partial charge in [-0.1, -0.05) is 12.1 Å². The van der Waals surface area contributed by atoms with Crippen molar-refractivity contribution in [1.29, 1.82) is 0 Å². The molecule has 0 atom stereocenters. The number of hydrogen-bond donors (Lipinski definition) is 3. The van der Waals surface area contributed by atoms with Gasteiger partial charge in [0.1, 0.15) is 0 Å². The molecule has 2 rings (SSSR count). The maximum atomic E-state index is 11.9. The summed E-state index contributed by atoms with van der Waals surface area (Å²) in [4.78, 5) is 14.1. The highest BCUT2D eigenvalue weighted by Crippen LogP contribution is 2.35. The highest BCUT2D eigenvalue weighted by molar-refractivity contribution is 5.89. The monoisotopic (exact) mass is 276 g/mol. The molecule has 0 spiro atoms. The molecule has 0 aliphatic heterocycles. The van der Waals surface area contributed by atoms with Crippen LogP contribution in [0.4, 0.5) is 10.5 Å². The normalized spacial score (nSPS) is 16.6. The van der Waals surface area contributed by atoms with E-state index in [0.29, 0.717) is 13.1 Å². The molecule has 0 saturated heterocycles. The van der Waals surface area contributed by atoms with Gasteiger partial charge in [0.2, 0.25) is 0 Å². The molecule has 0 unspecified atom stereocenters. The molecule has 1 aromatic carbocycles. The molecule has 1 fully saturated rings. The quantitative estimate of drug-likeness (QED) is 0.767. The largest absolute Gasteiger partial charge is 0.336 e. The lowest BCUT2D eigenvalue weighted by molar-refractivity contribution is 0.0630. The average Bonchev–Trinajstić information content (AvgIpc) is 2.38. The van der Waals surface area contributed by atoms with Gasteiger partial charge in [-0.15, -0.1) is 0 Å². The van der Waals surface area contributed by atoms with Crippen molar-refractivity contribution in [2.24, 2.45) is 5.73 Å². The third-order valence-corrected chi connectivity index (χ3v) is 4.26. The topological polar surface area (TPSA) is 70.4 Å². The number of nitrogens with two attached hydrogens (primary N) is 1. The zero-order chi connectivity index (χ0) is 14.6. The first kappa shape index (κ1) is 14.8. The van der Waals surface area contributed by atoms with Crippen molar-refractivity contribution in [3.8, 4) is 0 Å². The van der Waals surface area contributed by atoms with Gasteiger partial charge in [0.15, 0.2) is 0 Å². The minimum atomic E-state index is -0.154. The fourth-order valence-electron chi connectivity index (χ4n) is 2.51. The van der Waals surface area contributed by atoms with Crippen LogP contribution >= 0.6 is 0 Å². The van der Waals surface area contributed by atoms with E-state index < -0.39 is 0 Å². The van der Waals surface area contributed by atoms with Crippen molar-refractivity contribution in [1.82, 2.24) is 10.2 Å². The lowest BCUT2D eigenvalue weighted by Gasteiger charge is -2.47. The van der Waals surface area contributed by atoms with Crippen LogP contribution in [0.15, 0.2) is 24.3 Å². The number of carbonyl (C=O) groups excluding carboxylic acids is 1. The number of anilines is 1. The number of benzene rings is 1. The van der Waals surface area contributed by atoms with E-state index in [-0.39, 0.29) is 11.6 Å². The van der Waals surface area contributed by atoms with Gasteiger partial charge in [-0.2, -0.15) is 0 Å². The van der Waals surface area contributed by atoms with Crippen molar-refractivity contribution in [2.75, 3.05) is 26.0 Å². The summed E-state index contributed by atoms with van der Waals surface area (Å²) in [6.45, 7) is 1.20. The van der Waals surface area contributed by atoms with Gasteiger partial charge in [-0.25, -0.2) is 4.79 Å². The molecule has 4 N–H and O–H groups in total. The van der Waals surface area contributed by atoms with E-state index in [1.165, 1.54) is 6.42 Å². The Kier molecular flexibility index (Phi) is 4.62. The van der Waals surface area contributed by atoms with E-state index in [0.717, 1.165) is 24.1 Å². The van der Waals surface area contributed by atoms with Gasteiger partial charge in [-0.05, 0) is 51.1 Å². The molecule has 1 aliphatic rings. The van der Waals surface area contributed by atoms with E-state index in [2.05, 4.69) is 29.6 Å². The molecule has 1 saturated carbocycles. The summed E-state index contributed by atoms with van der Waals surface area (Å²) in [6, 6.07) is 7.42. The Hall–Kier alpha value is -1.59. The van der Waals surface area contributed by atoms with Crippen LogP contribution in [0.25, 0.3) is 0 Å². The number of amides is 2. The number of urea groups is 1. The van der Waals surface area contributed by atoms with Crippen molar-refractivity contribution in [2.45, 2.75) is 31.3 Å². The molecule has 5 nitrogen and oxygen atoms in total. The summed E-state index contributed by atoms with van der Waals surface area (Å²) in [6.07, 6.45) is 3.53. The smallest absolute Gasteiger partial charge is 0.319 e. The van der Waals surface area contributed by atoms with Crippen LogP contribution in [-0.4, -0.2) is 37.1 Å². The lowest BCUT2D eigenvalue weighted by Crippen LogP contribution is -2.57. The highest BCUT2D eigenvalue weighted by Gasteiger charge is 2.39. The second kappa shape index (κ2) is 6.24. The zero-order valence-electron chi connectivity index (χ0n) is 12.3. The van der Waals surface area contributed by atoms with Crippen molar-refractivity contribution >= 4 is 11.7 Å². The van der Waals surface area contributed by atoms with Crippen molar-refractivity contribution in [3.05, 3.63) is 29.8 Å². The van der Waals surface area contributed by atoms with Gasteiger partial charge in [0, 0.05) is 24.3 Å². The molecular weight excluding hydrogens is 252 g/mol. The van der Waals surface area contributed by atoms with Crippen LogP contribution in [0, 0.1) is 0 Å². The number of rotatable bonds is 5. The fourth-order valence-corrected chi connectivity index (χ4v) is 2.51. The third kappa shape index (κ3) is 3.29. The second-order valence-electron chi connectivity index (χ2n) is 5.68. The Morgan fingerprint density at radius 2 is 1.95 bits per heavy atom. The van der Waals surface area contributed by atoms with Crippen molar-refractivity contribution < 1.29 is 4.79 Å². The number of nitrogens with zero attached hydrogens (tertiary/aromatic N) is 1. The van der Waals surface area contributed by atoms with Gasteiger partial charge >= 0.3 is 6.03 Å². The highest BCUT2D eigenvalue weighted by atomic mass is 16.2. The van der Waals surface area contributed by atoms with E-state index in [1.807, 2.05) is 24.3 Å². The van der Waals surface area contributed by atoms with Crippen molar-refractivity contribution in [3.63, 3.8) is 0 Å².